The summed E-state index contributed by atoms with van der Waals surface area (Å²) in [6.07, 6.45) is -1.88. The average molecular weight is 212 g/mol. The second kappa shape index (κ2) is 5.70. The minimum atomic E-state index is -1.03. The lowest BCUT2D eigenvalue weighted by molar-refractivity contribution is 0.00304. The van der Waals surface area contributed by atoms with E-state index in [9.17, 15) is 10.2 Å². The van der Waals surface area contributed by atoms with Crippen LogP contribution in [-0.2, 0) is 0 Å². The molecule has 15 heavy (non-hydrogen) atoms. The number of aliphatic hydroxyl groups is 3. The molecule has 0 saturated carbocycles. The Labute approximate surface area is 88.8 Å². The first-order valence-electron chi connectivity index (χ1n) is 4.80. The van der Waals surface area contributed by atoms with Crippen molar-refractivity contribution >= 4 is 0 Å². The van der Waals surface area contributed by atoms with E-state index < -0.39 is 12.2 Å². The van der Waals surface area contributed by atoms with E-state index in [2.05, 4.69) is 0 Å². The summed E-state index contributed by atoms with van der Waals surface area (Å²) in [6, 6.07) is 6.94. The molecule has 0 heterocycles. The molecule has 3 N–H and O–H groups in total. The first-order valence-corrected chi connectivity index (χ1v) is 4.80. The van der Waals surface area contributed by atoms with Gasteiger partial charge in [0, 0.05) is 12.2 Å². The number of hydrogen-bond donors (Lipinski definition) is 3. The van der Waals surface area contributed by atoms with Crippen molar-refractivity contribution in [2.24, 2.45) is 0 Å². The molecule has 0 radical (unpaired) electrons. The first-order chi connectivity index (χ1) is 7.20. The Bertz CT molecular complexity index is 300. The number of aliphatic hydroxyl groups excluding tert-OH is 3. The quantitative estimate of drug-likeness (QED) is 0.663. The lowest BCUT2D eigenvalue weighted by Gasteiger charge is -2.19. The number of rotatable bonds is 5. The summed E-state index contributed by atoms with van der Waals surface area (Å²) in [5.41, 5.74) is 0.529. The van der Waals surface area contributed by atoms with Gasteiger partial charge in [-0.2, -0.15) is 0 Å². The molecular weight excluding hydrogens is 196 g/mol. The SMILES string of the molecule is COc1ccccc1C(O)C(O)CCO. The van der Waals surface area contributed by atoms with E-state index in [0.717, 1.165) is 0 Å². The lowest BCUT2D eigenvalue weighted by Crippen LogP contribution is -2.20. The van der Waals surface area contributed by atoms with Crippen LogP contribution in [0.4, 0.5) is 0 Å². The maximum absolute atomic E-state index is 9.79. The molecule has 0 aromatic heterocycles. The third-order valence-corrected chi connectivity index (χ3v) is 2.25. The molecule has 0 aliphatic rings. The van der Waals surface area contributed by atoms with Gasteiger partial charge in [-0.1, -0.05) is 18.2 Å². The molecule has 1 rings (SSSR count). The molecule has 0 aliphatic carbocycles. The van der Waals surface area contributed by atoms with Crippen molar-refractivity contribution < 1.29 is 20.1 Å². The number of para-hydroxylation sites is 1. The largest absolute Gasteiger partial charge is 0.496 e. The summed E-state index contributed by atoms with van der Waals surface area (Å²) in [4.78, 5) is 0. The zero-order valence-corrected chi connectivity index (χ0v) is 8.63. The van der Waals surface area contributed by atoms with Crippen LogP contribution < -0.4 is 4.74 Å². The monoisotopic (exact) mass is 212 g/mol. The normalized spacial score (nSPS) is 14.7. The molecule has 2 atom stereocenters. The third kappa shape index (κ3) is 2.92. The van der Waals surface area contributed by atoms with Crippen LogP contribution in [0.2, 0.25) is 0 Å². The van der Waals surface area contributed by atoms with Crippen LogP contribution in [-0.4, -0.2) is 35.1 Å². The average Bonchev–Trinajstić information content (AvgIpc) is 2.28. The van der Waals surface area contributed by atoms with Crippen LogP contribution >= 0.6 is 0 Å². The Morgan fingerprint density at radius 1 is 1.27 bits per heavy atom. The van der Waals surface area contributed by atoms with Gasteiger partial charge in [-0.25, -0.2) is 0 Å². The molecular formula is C11H16O4. The third-order valence-electron chi connectivity index (χ3n) is 2.25. The highest BCUT2D eigenvalue weighted by Crippen LogP contribution is 2.27. The van der Waals surface area contributed by atoms with Crippen molar-refractivity contribution in [3.8, 4) is 5.75 Å². The molecule has 0 fully saturated rings. The highest BCUT2D eigenvalue weighted by Gasteiger charge is 2.20. The molecule has 1 aromatic carbocycles. The topological polar surface area (TPSA) is 69.9 Å². The van der Waals surface area contributed by atoms with E-state index in [1.165, 1.54) is 7.11 Å². The number of hydrogen-bond acceptors (Lipinski definition) is 4. The fraction of sp³-hybridized carbons (Fsp3) is 0.455. The van der Waals surface area contributed by atoms with Gasteiger partial charge in [0.2, 0.25) is 0 Å². The van der Waals surface area contributed by atoms with E-state index >= 15 is 0 Å². The highest BCUT2D eigenvalue weighted by atomic mass is 16.5. The van der Waals surface area contributed by atoms with Crippen molar-refractivity contribution in [1.82, 2.24) is 0 Å². The van der Waals surface area contributed by atoms with E-state index in [4.69, 9.17) is 9.84 Å². The van der Waals surface area contributed by atoms with Crippen molar-refractivity contribution in [2.75, 3.05) is 13.7 Å². The van der Waals surface area contributed by atoms with Crippen LogP contribution in [0.15, 0.2) is 24.3 Å². The summed E-state index contributed by atoms with van der Waals surface area (Å²) in [5, 5.41) is 28.0. The number of methoxy groups -OCH3 is 1. The minimum Gasteiger partial charge on any atom is -0.496 e. The van der Waals surface area contributed by atoms with Gasteiger partial charge in [0.05, 0.1) is 13.2 Å². The van der Waals surface area contributed by atoms with Crippen LogP contribution in [0.25, 0.3) is 0 Å². The standard InChI is InChI=1S/C11H16O4/c1-15-10-5-3-2-4-8(10)11(14)9(13)6-7-12/h2-5,9,11-14H,6-7H2,1H3. The van der Waals surface area contributed by atoms with Crippen LogP contribution in [0.5, 0.6) is 5.75 Å². The van der Waals surface area contributed by atoms with Gasteiger partial charge in [0.1, 0.15) is 11.9 Å². The highest BCUT2D eigenvalue weighted by molar-refractivity contribution is 5.35. The lowest BCUT2D eigenvalue weighted by atomic mass is 10.0. The maximum Gasteiger partial charge on any atom is 0.124 e. The van der Waals surface area contributed by atoms with Gasteiger partial charge in [-0.3, -0.25) is 0 Å². The van der Waals surface area contributed by atoms with E-state index in [1.54, 1.807) is 24.3 Å². The summed E-state index contributed by atoms with van der Waals surface area (Å²) >= 11 is 0. The zero-order chi connectivity index (χ0) is 11.3. The number of benzene rings is 1. The van der Waals surface area contributed by atoms with Crippen molar-refractivity contribution in [3.05, 3.63) is 29.8 Å². The van der Waals surface area contributed by atoms with Crippen LogP contribution in [0, 0.1) is 0 Å². The van der Waals surface area contributed by atoms with Crippen LogP contribution in [0.1, 0.15) is 18.1 Å². The summed E-state index contributed by atoms with van der Waals surface area (Å²) in [7, 11) is 1.50. The molecule has 84 valence electrons. The summed E-state index contributed by atoms with van der Waals surface area (Å²) in [6.45, 7) is -0.159. The Morgan fingerprint density at radius 3 is 2.53 bits per heavy atom. The first kappa shape index (κ1) is 12.0. The predicted molar refractivity (Wildman–Crippen MR) is 55.7 cm³/mol. The molecule has 4 nitrogen and oxygen atoms in total. The van der Waals surface area contributed by atoms with Gasteiger partial charge in [0.15, 0.2) is 0 Å². The molecule has 0 aliphatic heterocycles. The van der Waals surface area contributed by atoms with Crippen molar-refractivity contribution in [3.63, 3.8) is 0 Å². The second-order valence-corrected chi connectivity index (χ2v) is 3.27. The maximum atomic E-state index is 9.79. The van der Waals surface area contributed by atoms with Crippen LogP contribution in [0.3, 0.4) is 0 Å². The van der Waals surface area contributed by atoms with Crippen molar-refractivity contribution in [1.29, 1.82) is 0 Å². The summed E-state index contributed by atoms with van der Waals surface area (Å²) in [5.74, 6) is 0.530. The minimum absolute atomic E-state index is 0.138. The van der Waals surface area contributed by atoms with Gasteiger partial charge >= 0.3 is 0 Å². The predicted octanol–water partition coefficient (Wildman–Crippen LogP) is 0.472. The number of ether oxygens (including phenoxy) is 1. The molecule has 1 aromatic rings. The van der Waals surface area contributed by atoms with Gasteiger partial charge < -0.3 is 20.1 Å². The molecule has 4 heteroatoms. The Hall–Kier alpha value is -1.10. The second-order valence-electron chi connectivity index (χ2n) is 3.27. The van der Waals surface area contributed by atoms with Gasteiger partial charge in [-0.05, 0) is 12.5 Å². The summed E-state index contributed by atoms with van der Waals surface area (Å²) < 4.78 is 5.06. The fourth-order valence-corrected chi connectivity index (χ4v) is 1.41. The molecule has 2 unspecified atom stereocenters. The fourth-order valence-electron chi connectivity index (χ4n) is 1.41. The smallest absolute Gasteiger partial charge is 0.124 e. The van der Waals surface area contributed by atoms with E-state index in [0.29, 0.717) is 11.3 Å². The molecule has 0 bridgehead atoms. The molecule has 0 spiro atoms. The molecule has 0 amide bonds. The molecule has 0 saturated heterocycles. The Balaban J connectivity index is 2.84. The Morgan fingerprint density at radius 2 is 1.93 bits per heavy atom. The van der Waals surface area contributed by atoms with E-state index in [-0.39, 0.29) is 13.0 Å². The van der Waals surface area contributed by atoms with Gasteiger partial charge in [-0.15, -0.1) is 0 Å². The Kier molecular flexibility index (Phi) is 4.55. The van der Waals surface area contributed by atoms with Crippen molar-refractivity contribution in [2.45, 2.75) is 18.6 Å². The van der Waals surface area contributed by atoms with E-state index in [1.807, 2.05) is 0 Å². The van der Waals surface area contributed by atoms with Gasteiger partial charge in [0.25, 0.3) is 0 Å². The zero-order valence-electron chi connectivity index (χ0n) is 8.63.